The number of ether oxygens (including phenoxy) is 2. The van der Waals surface area contributed by atoms with Crippen LogP contribution in [0.1, 0.15) is 19.4 Å². The molecule has 0 spiro atoms. The molecule has 0 radical (unpaired) electrons. The fraction of sp³-hybridized carbons (Fsp3) is 0.500. The van der Waals surface area contributed by atoms with Crippen LogP contribution >= 0.6 is 0 Å². The van der Waals surface area contributed by atoms with E-state index in [2.05, 4.69) is 0 Å². The highest BCUT2D eigenvalue weighted by molar-refractivity contribution is 5.80. The molecular weight excluding hydrogens is 230 g/mol. The molecule has 100 valence electrons. The second-order valence-electron chi connectivity index (χ2n) is 4.11. The van der Waals surface area contributed by atoms with Gasteiger partial charge < -0.3 is 14.4 Å². The van der Waals surface area contributed by atoms with Gasteiger partial charge in [0.1, 0.15) is 11.9 Å². The summed E-state index contributed by atoms with van der Waals surface area (Å²) in [4.78, 5) is 13.6. The van der Waals surface area contributed by atoms with E-state index < -0.39 is 6.10 Å². The quantitative estimate of drug-likeness (QED) is 0.777. The number of likely N-dealkylation sites (N-methyl/N-ethyl adjacent to an activating group) is 1. The van der Waals surface area contributed by atoms with E-state index in [4.69, 9.17) is 9.47 Å². The molecule has 0 fully saturated rings. The molecule has 0 bridgehead atoms. The monoisotopic (exact) mass is 251 g/mol. The average Bonchev–Trinajstić information content (AvgIpc) is 2.39. The van der Waals surface area contributed by atoms with Gasteiger partial charge in [-0.25, -0.2) is 0 Å². The van der Waals surface area contributed by atoms with Crippen molar-refractivity contribution >= 4 is 5.91 Å². The third kappa shape index (κ3) is 3.74. The predicted molar refractivity (Wildman–Crippen MR) is 70.6 cm³/mol. The van der Waals surface area contributed by atoms with Crippen LogP contribution in [-0.4, -0.2) is 37.7 Å². The minimum atomic E-state index is -0.422. The number of hydrogen-bond donors (Lipinski definition) is 0. The minimum absolute atomic E-state index is 0.0381. The number of methoxy groups -OCH3 is 1. The molecule has 1 amide bonds. The van der Waals surface area contributed by atoms with Gasteiger partial charge in [0.05, 0.1) is 6.61 Å². The van der Waals surface area contributed by atoms with Crippen LogP contribution in [0, 0.1) is 0 Å². The zero-order valence-electron chi connectivity index (χ0n) is 11.5. The van der Waals surface area contributed by atoms with Gasteiger partial charge in [0.25, 0.3) is 5.91 Å². The Bertz CT molecular complexity index is 392. The van der Waals surface area contributed by atoms with Crippen LogP contribution in [0.5, 0.6) is 5.75 Å². The van der Waals surface area contributed by atoms with Crippen LogP contribution in [0.15, 0.2) is 24.3 Å². The Morgan fingerprint density at radius 3 is 2.67 bits per heavy atom. The van der Waals surface area contributed by atoms with Gasteiger partial charge in [0.2, 0.25) is 0 Å². The first kappa shape index (κ1) is 14.5. The number of carbonyl (C=O) groups excluding carboxylic acids is 1. The normalized spacial score (nSPS) is 12.0. The topological polar surface area (TPSA) is 38.8 Å². The number of carbonyl (C=O) groups is 1. The van der Waals surface area contributed by atoms with Crippen molar-refractivity contribution in [3.63, 3.8) is 0 Å². The molecule has 0 heterocycles. The maximum absolute atomic E-state index is 11.9. The lowest BCUT2D eigenvalue weighted by atomic mass is 10.2. The molecule has 0 aliphatic carbocycles. The van der Waals surface area contributed by atoms with Gasteiger partial charge >= 0.3 is 0 Å². The largest absolute Gasteiger partial charge is 0.494 e. The summed E-state index contributed by atoms with van der Waals surface area (Å²) in [6.07, 6.45) is -0.422. The summed E-state index contributed by atoms with van der Waals surface area (Å²) in [5, 5.41) is 0. The molecule has 1 aromatic rings. The summed E-state index contributed by atoms with van der Waals surface area (Å²) in [6, 6.07) is 7.74. The van der Waals surface area contributed by atoms with Gasteiger partial charge in [-0.15, -0.1) is 0 Å². The summed E-state index contributed by atoms with van der Waals surface area (Å²) < 4.78 is 10.6. The number of amides is 1. The van der Waals surface area contributed by atoms with Crippen molar-refractivity contribution in [2.45, 2.75) is 26.5 Å². The molecular formula is C14H21NO3. The van der Waals surface area contributed by atoms with E-state index >= 15 is 0 Å². The van der Waals surface area contributed by atoms with E-state index in [1.807, 2.05) is 31.2 Å². The van der Waals surface area contributed by atoms with Crippen LogP contribution < -0.4 is 4.74 Å². The molecule has 18 heavy (non-hydrogen) atoms. The molecule has 1 unspecified atom stereocenters. The lowest BCUT2D eigenvalue weighted by molar-refractivity contribution is -0.140. The first-order valence-electron chi connectivity index (χ1n) is 6.08. The molecule has 4 nitrogen and oxygen atoms in total. The third-order valence-electron chi connectivity index (χ3n) is 2.76. The molecule has 0 saturated carbocycles. The van der Waals surface area contributed by atoms with Crippen LogP contribution in [0.4, 0.5) is 0 Å². The summed E-state index contributed by atoms with van der Waals surface area (Å²) in [5.41, 5.74) is 0.999. The van der Waals surface area contributed by atoms with E-state index in [1.165, 1.54) is 7.11 Å². The molecule has 1 atom stereocenters. The number of nitrogens with zero attached hydrogens (tertiary/aromatic N) is 1. The second-order valence-corrected chi connectivity index (χ2v) is 4.11. The number of para-hydroxylation sites is 1. The third-order valence-corrected chi connectivity index (χ3v) is 2.76. The summed E-state index contributed by atoms with van der Waals surface area (Å²) in [7, 11) is 3.30. The maximum atomic E-state index is 11.9. The van der Waals surface area contributed by atoms with Crippen LogP contribution in [0.25, 0.3) is 0 Å². The molecule has 0 aliphatic rings. The molecule has 1 aromatic carbocycles. The molecule has 0 N–H and O–H groups in total. The fourth-order valence-electron chi connectivity index (χ4n) is 1.68. The lowest BCUT2D eigenvalue weighted by Gasteiger charge is -2.21. The summed E-state index contributed by atoms with van der Waals surface area (Å²) in [6.45, 7) is 4.82. The van der Waals surface area contributed by atoms with E-state index in [1.54, 1.807) is 18.9 Å². The lowest BCUT2D eigenvalue weighted by Crippen LogP contribution is -2.35. The van der Waals surface area contributed by atoms with Crippen LogP contribution in [0.3, 0.4) is 0 Å². The van der Waals surface area contributed by atoms with Gasteiger partial charge in [-0.3, -0.25) is 4.79 Å². The zero-order chi connectivity index (χ0) is 13.5. The van der Waals surface area contributed by atoms with Crippen LogP contribution in [0.2, 0.25) is 0 Å². The fourth-order valence-corrected chi connectivity index (χ4v) is 1.68. The van der Waals surface area contributed by atoms with E-state index in [0.717, 1.165) is 11.3 Å². The standard InChI is InChI=1S/C14H21NO3/c1-5-18-13-9-7-6-8-12(13)10-15(3)14(16)11(2)17-4/h6-9,11H,5,10H2,1-4H3. The predicted octanol–water partition coefficient (Wildman–Crippen LogP) is 2.08. The molecule has 0 saturated heterocycles. The highest BCUT2D eigenvalue weighted by Gasteiger charge is 2.17. The van der Waals surface area contributed by atoms with E-state index in [9.17, 15) is 4.79 Å². The van der Waals surface area contributed by atoms with Crippen molar-refractivity contribution in [3.8, 4) is 5.75 Å². The van der Waals surface area contributed by atoms with Gasteiger partial charge in [-0.05, 0) is 19.9 Å². The minimum Gasteiger partial charge on any atom is -0.494 e. The van der Waals surface area contributed by atoms with E-state index in [0.29, 0.717) is 13.2 Å². The summed E-state index contributed by atoms with van der Waals surface area (Å²) >= 11 is 0. The highest BCUT2D eigenvalue weighted by Crippen LogP contribution is 2.19. The van der Waals surface area contributed by atoms with Crippen LogP contribution in [-0.2, 0) is 16.1 Å². The van der Waals surface area contributed by atoms with Crippen molar-refractivity contribution in [2.75, 3.05) is 20.8 Å². The van der Waals surface area contributed by atoms with Crippen molar-refractivity contribution in [2.24, 2.45) is 0 Å². The van der Waals surface area contributed by atoms with Crippen molar-refractivity contribution in [1.29, 1.82) is 0 Å². The number of benzene rings is 1. The Hall–Kier alpha value is -1.55. The molecule has 0 aliphatic heterocycles. The van der Waals surface area contributed by atoms with Crippen molar-refractivity contribution in [3.05, 3.63) is 29.8 Å². The Balaban J connectivity index is 2.75. The average molecular weight is 251 g/mol. The maximum Gasteiger partial charge on any atom is 0.251 e. The smallest absolute Gasteiger partial charge is 0.251 e. The zero-order valence-corrected chi connectivity index (χ0v) is 11.5. The van der Waals surface area contributed by atoms with Gasteiger partial charge in [-0.1, -0.05) is 18.2 Å². The van der Waals surface area contributed by atoms with Gasteiger partial charge in [0.15, 0.2) is 0 Å². The summed E-state index contributed by atoms with van der Waals surface area (Å²) in [5.74, 6) is 0.786. The van der Waals surface area contributed by atoms with Gasteiger partial charge in [-0.2, -0.15) is 0 Å². The second kappa shape index (κ2) is 7.01. The Kier molecular flexibility index (Phi) is 5.65. The van der Waals surface area contributed by atoms with Crippen molar-refractivity contribution in [1.82, 2.24) is 4.90 Å². The van der Waals surface area contributed by atoms with Gasteiger partial charge in [0, 0.05) is 26.3 Å². The molecule has 1 rings (SSSR count). The molecule has 4 heteroatoms. The SMILES string of the molecule is CCOc1ccccc1CN(C)C(=O)C(C)OC. The molecule has 0 aromatic heterocycles. The number of hydrogen-bond acceptors (Lipinski definition) is 3. The Morgan fingerprint density at radius 1 is 1.39 bits per heavy atom. The Labute approximate surface area is 108 Å². The highest BCUT2D eigenvalue weighted by atomic mass is 16.5. The van der Waals surface area contributed by atoms with Crippen molar-refractivity contribution < 1.29 is 14.3 Å². The first-order chi connectivity index (χ1) is 8.60. The van der Waals surface area contributed by atoms with E-state index in [-0.39, 0.29) is 5.91 Å². The first-order valence-corrected chi connectivity index (χ1v) is 6.08. The number of rotatable bonds is 6. The Morgan fingerprint density at radius 2 is 2.06 bits per heavy atom.